The Bertz CT molecular complexity index is 1520. The van der Waals surface area contributed by atoms with Crippen molar-refractivity contribution in [3.63, 3.8) is 0 Å². The molecule has 2 heterocycles. The lowest BCUT2D eigenvalue weighted by Crippen LogP contribution is -2.41. The maximum Gasteiger partial charge on any atom is 0.186 e. The normalized spacial score (nSPS) is 23.5. The van der Waals surface area contributed by atoms with Gasteiger partial charge in [-0.1, -0.05) is 74.7 Å². The molecule has 0 spiro atoms. The molecule has 5 nitrogen and oxygen atoms in total. The third-order valence-electron chi connectivity index (χ3n) is 7.59. The summed E-state index contributed by atoms with van der Waals surface area (Å²) in [6.07, 6.45) is 15.0. The van der Waals surface area contributed by atoms with Crippen LogP contribution in [0, 0.1) is 18.8 Å². The van der Waals surface area contributed by atoms with Gasteiger partial charge in [0, 0.05) is 35.4 Å². The fourth-order valence-corrected chi connectivity index (χ4v) is 5.46. The van der Waals surface area contributed by atoms with Crippen LogP contribution in [0.15, 0.2) is 103 Å². The zero-order chi connectivity index (χ0) is 26.2. The molecule has 37 heavy (non-hydrogen) atoms. The van der Waals surface area contributed by atoms with Crippen molar-refractivity contribution in [2.75, 3.05) is 0 Å². The van der Waals surface area contributed by atoms with Crippen molar-refractivity contribution in [2.24, 2.45) is 16.8 Å². The van der Waals surface area contributed by atoms with Gasteiger partial charge in [0.1, 0.15) is 12.0 Å². The molecule has 0 amide bonds. The van der Waals surface area contributed by atoms with E-state index in [1.54, 1.807) is 12.2 Å². The van der Waals surface area contributed by atoms with E-state index in [0.717, 1.165) is 33.3 Å². The van der Waals surface area contributed by atoms with Crippen molar-refractivity contribution < 1.29 is 4.79 Å². The summed E-state index contributed by atoms with van der Waals surface area (Å²) in [5, 5.41) is 3.75. The highest BCUT2D eigenvalue weighted by molar-refractivity contribution is 6.07. The Kier molecular flexibility index (Phi) is 6.48. The fraction of sp³-hybridized carbons (Fsp3) is 0.219. The highest BCUT2D eigenvalue weighted by atomic mass is 16.1. The third-order valence-corrected chi connectivity index (χ3v) is 7.59. The summed E-state index contributed by atoms with van der Waals surface area (Å²) in [7, 11) is 0. The number of nitrogens with one attached hydrogen (secondary N) is 1. The van der Waals surface area contributed by atoms with E-state index in [1.165, 1.54) is 5.70 Å². The predicted molar refractivity (Wildman–Crippen MR) is 154 cm³/mol. The summed E-state index contributed by atoms with van der Waals surface area (Å²) >= 11 is 0. The van der Waals surface area contributed by atoms with Crippen molar-refractivity contribution in [2.45, 2.75) is 32.5 Å². The SMILES string of the molecule is C=C/C=C(\C=C)[C@H](C)NC12N=CC=C(n3cnc4cc(/C=C\C(=O)c5ccccc5C)ccc43)C1C2C. The minimum absolute atomic E-state index is 0.00119. The highest BCUT2D eigenvalue weighted by Gasteiger charge is 2.65. The Morgan fingerprint density at radius 3 is 2.78 bits per heavy atom. The summed E-state index contributed by atoms with van der Waals surface area (Å²) in [6, 6.07) is 13.8. The number of fused-ring (bicyclic) bond motifs is 2. The number of aromatic nitrogens is 2. The second kappa shape index (κ2) is 9.75. The average Bonchev–Trinajstić information content (AvgIpc) is 3.27. The molecule has 5 rings (SSSR count). The van der Waals surface area contributed by atoms with Gasteiger partial charge in [-0.25, -0.2) is 4.98 Å². The summed E-state index contributed by atoms with van der Waals surface area (Å²) in [4.78, 5) is 22.2. The molecule has 1 aromatic heterocycles. The molecule has 1 aliphatic carbocycles. The van der Waals surface area contributed by atoms with Crippen LogP contribution in [0.25, 0.3) is 22.8 Å². The molecule has 2 aromatic carbocycles. The van der Waals surface area contributed by atoms with Crippen molar-refractivity contribution in [1.29, 1.82) is 0 Å². The van der Waals surface area contributed by atoms with Crippen LogP contribution in [-0.4, -0.2) is 33.3 Å². The zero-order valence-corrected chi connectivity index (χ0v) is 21.6. The van der Waals surface area contributed by atoms with Gasteiger partial charge < -0.3 is 4.57 Å². The van der Waals surface area contributed by atoms with E-state index < -0.39 is 0 Å². The number of allylic oxidation sites excluding steroid dienone is 4. The number of carbonyl (C=O) groups is 1. The second-order valence-corrected chi connectivity index (χ2v) is 9.81. The summed E-state index contributed by atoms with van der Waals surface area (Å²) < 4.78 is 2.16. The maximum absolute atomic E-state index is 12.6. The van der Waals surface area contributed by atoms with Gasteiger partial charge >= 0.3 is 0 Å². The number of hydrogen-bond acceptors (Lipinski definition) is 4. The number of aliphatic imine (C=N–C) groups is 1. The van der Waals surface area contributed by atoms with Gasteiger partial charge in [0.2, 0.25) is 0 Å². The Balaban J connectivity index is 1.37. The maximum atomic E-state index is 12.6. The number of carbonyl (C=O) groups excluding carboxylic acids is 1. The van der Waals surface area contributed by atoms with Crippen LogP contribution in [0.5, 0.6) is 0 Å². The van der Waals surface area contributed by atoms with Crippen LogP contribution in [0.2, 0.25) is 0 Å². The molecule has 1 fully saturated rings. The van der Waals surface area contributed by atoms with E-state index in [4.69, 9.17) is 4.99 Å². The lowest BCUT2D eigenvalue weighted by Gasteiger charge is -2.25. The minimum Gasteiger partial charge on any atom is -0.302 e. The Morgan fingerprint density at radius 1 is 1.22 bits per heavy atom. The molecular formula is C32H32N4O. The molecule has 3 aromatic rings. The molecule has 2 aliphatic rings. The first-order valence-corrected chi connectivity index (χ1v) is 12.6. The van der Waals surface area contributed by atoms with Gasteiger partial charge in [0.15, 0.2) is 5.78 Å². The largest absolute Gasteiger partial charge is 0.302 e. The molecule has 0 bridgehead atoms. The predicted octanol–water partition coefficient (Wildman–Crippen LogP) is 6.40. The van der Waals surface area contributed by atoms with Crippen LogP contribution in [0.3, 0.4) is 0 Å². The van der Waals surface area contributed by atoms with Gasteiger partial charge in [-0.05, 0) is 54.8 Å². The van der Waals surface area contributed by atoms with Gasteiger partial charge in [-0.3, -0.25) is 15.1 Å². The number of rotatable bonds is 9. The van der Waals surface area contributed by atoms with Gasteiger partial charge in [0.25, 0.3) is 0 Å². The van der Waals surface area contributed by atoms with E-state index in [1.807, 2.05) is 74.1 Å². The minimum atomic E-state index is -0.345. The molecule has 186 valence electrons. The molecule has 0 saturated heterocycles. The van der Waals surface area contributed by atoms with Crippen molar-refractivity contribution in [3.8, 4) is 0 Å². The Labute approximate surface area is 218 Å². The van der Waals surface area contributed by atoms with Crippen molar-refractivity contribution in [3.05, 3.63) is 115 Å². The van der Waals surface area contributed by atoms with Gasteiger partial charge in [0.05, 0.1) is 11.0 Å². The summed E-state index contributed by atoms with van der Waals surface area (Å²) in [5.74, 6) is 0.569. The molecule has 4 atom stereocenters. The smallest absolute Gasteiger partial charge is 0.186 e. The van der Waals surface area contributed by atoms with Crippen LogP contribution in [0.4, 0.5) is 0 Å². The number of benzene rings is 2. The number of imidazole rings is 1. The molecule has 1 N–H and O–H groups in total. The summed E-state index contributed by atoms with van der Waals surface area (Å²) in [5.41, 5.74) is 6.47. The van der Waals surface area contributed by atoms with E-state index in [0.29, 0.717) is 5.92 Å². The van der Waals surface area contributed by atoms with Crippen LogP contribution in [-0.2, 0) is 0 Å². The van der Waals surface area contributed by atoms with Crippen LogP contribution < -0.4 is 5.32 Å². The first-order valence-electron chi connectivity index (χ1n) is 12.6. The van der Waals surface area contributed by atoms with Crippen molar-refractivity contribution in [1.82, 2.24) is 14.9 Å². The van der Waals surface area contributed by atoms with Crippen molar-refractivity contribution >= 4 is 34.8 Å². The molecule has 1 saturated carbocycles. The fourth-order valence-electron chi connectivity index (χ4n) is 5.46. The van der Waals surface area contributed by atoms with E-state index in [-0.39, 0.29) is 23.4 Å². The average molecular weight is 489 g/mol. The standard InChI is InChI=1S/C32H32N4O/c1-6-10-25(7-2)23(5)35-32-22(4)31(32)29(17-18-34-32)36-20-33-27-19-24(13-15-28(27)36)14-16-30(37)26-12-9-8-11-21(26)3/h6-20,22-23,31,35H,1-2H2,3-5H3/b16-14-,25-10+/t22?,23-,31?,32?/m0/s1. The molecule has 0 radical (unpaired) electrons. The lowest BCUT2D eigenvalue weighted by atomic mass is 10.0. The lowest BCUT2D eigenvalue weighted by molar-refractivity contribution is 0.104. The number of nitrogens with zero attached hydrogens (tertiary/aromatic N) is 3. The van der Waals surface area contributed by atoms with E-state index in [2.05, 4.69) is 54.0 Å². The van der Waals surface area contributed by atoms with Gasteiger partial charge in [-0.15, -0.1) is 0 Å². The Morgan fingerprint density at radius 2 is 2.03 bits per heavy atom. The number of aryl methyl sites for hydroxylation is 1. The van der Waals surface area contributed by atoms with Crippen LogP contribution in [0.1, 0.15) is 35.3 Å². The first kappa shape index (κ1) is 24.6. The first-order chi connectivity index (χ1) is 17.9. The molecule has 1 aliphatic heterocycles. The monoisotopic (exact) mass is 488 g/mol. The molecule has 5 heteroatoms. The zero-order valence-electron chi connectivity index (χ0n) is 21.6. The van der Waals surface area contributed by atoms with Crippen LogP contribution >= 0.6 is 0 Å². The quantitative estimate of drug-likeness (QED) is 0.215. The molecular weight excluding hydrogens is 456 g/mol. The van der Waals surface area contributed by atoms with Gasteiger partial charge in [-0.2, -0.15) is 0 Å². The number of ketones is 1. The Hall–Kier alpha value is -4.09. The highest BCUT2D eigenvalue weighted by Crippen LogP contribution is 2.58. The third kappa shape index (κ3) is 4.36. The topological polar surface area (TPSA) is 59.3 Å². The number of hydrogen-bond donors (Lipinski definition) is 1. The number of dihydropyridines is 1. The van der Waals surface area contributed by atoms with E-state index >= 15 is 0 Å². The summed E-state index contributed by atoms with van der Waals surface area (Å²) in [6.45, 7) is 14.1. The molecule has 3 unspecified atom stereocenters. The second-order valence-electron chi connectivity index (χ2n) is 9.81. The van der Waals surface area contributed by atoms with E-state index in [9.17, 15) is 4.79 Å².